The van der Waals surface area contributed by atoms with Gasteiger partial charge >= 0.3 is 0 Å². The van der Waals surface area contributed by atoms with Crippen LogP contribution in [0.3, 0.4) is 0 Å². The van der Waals surface area contributed by atoms with Gasteiger partial charge in [0.2, 0.25) is 5.91 Å². The summed E-state index contributed by atoms with van der Waals surface area (Å²) >= 11 is 9.06. The number of thioether (sulfide) groups is 2. The van der Waals surface area contributed by atoms with Gasteiger partial charge in [0.05, 0.1) is 11.5 Å². The summed E-state index contributed by atoms with van der Waals surface area (Å²) in [5.41, 5.74) is 1.99. The summed E-state index contributed by atoms with van der Waals surface area (Å²) in [5, 5.41) is 12.9. The number of carbonyl (C=O) groups excluding carboxylic acids is 1. The number of nitrogens with one attached hydrogen (secondary N) is 1. The smallest absolute Gasteiger partial charge is 0.234 e. The van der Waals surface area contributed by atoms with Gasteiger partial charge in [0.1, 0.15) is 5.82 Å². The molecule has 8 heteroatoms. The number of amides is 1. The van der Waals surface area contributed by atoms with Crippen molar-refractivity contribution in [3.05, 3.63) is 83.7 Å². The Hall–Kier alpha value is -2.22. The maximum absolute atomic E-state index is 12.2. The van der Waals surface area contributed by atoms with Crippen LogP contribution in [0.4, 0.5) is 5.69 Å². The molecule has 0 saturated heterocycles. The Morgan fingerprint density at radius 1 is 1.10 bits per heavy atom. The average Bonchev–Trinajstić information content (AvgIpc) is 3.11. The lowest BCUT2D eigenvalue weighted by Gasteiger charge is -2.08. The molecule has 3 rings (SSSR count). The maximum atomic E-state index is 12.2. The monoisotopic (exact) mass is 444 g/mol. The molecular weight excluding hydrogens is 424 g/mol. The summed E-state index contributed by atoms with van der Waals surface area (Å²) in [6.45, 7) is 4.42. The van der Waals surface area contributed by atoms with Crippen molar-refractivity contribution in [2.24, 2.45) is 0 Å². The van der Waals surface area contributed by atoms with E-state index >= 15 is 0 Å². The van der Waals surface area contributed by atoms with Gasteiger partial charge < -0.3 is 9.88 Å². The van der Waals surface area contributed by atoms with E-state index in [1.807, 2.05) is 65.2 Å². The molecule has 150 valence electrons. The quantitative estimate of drug-likeness (QED) is 0.340. The van der Waals surface area contributed by atoms with Gasteiger partial charge in [-0.15, -0.1) is 28.5 Å². The molecule has 1 heterocycles. The third kappa shape index (κ3) is 6.66. The Bertz CT molecular complexity index is 945. The summed E-state index contributed by atoms with van der Waals surface area (Å²) in [6.07, 6.45) is 1.81. The molecular formula is C21H21ClN4OS2. The standard InChI is InChI=1S/C21H21ClN4OS2/c1-2-12-26-19(14-28-13-16-8-10-17(22)11-9-16)24-25-21(26)29-15-20(27)23-18-6-4-3-5-7-18/h2-11H,1,12-15H2,(H,23,27). The van der Waals surface area contributed by atoms with Crippen molar-refractivity contribution in [1.82, 2.24) is 14.8 Å². The number of benzene rings is 2. The van der Waals surface area contributed by atoms with Crippen molar-refractivity contribution in [2.45, 2.75) is 23.2 Å². The third-order valence-electron chi connectivity index (χ3n) is 3.91. The number of halogens is 1. The summed E-state index contributed by atoms with van der Waals surface area (Å²) in [6, 6.07) is 17.2. The van der Waals surface area contributed by atoms with Gasteiger partial charge in [-0.1, -0.05) is 59.8 Å². The summed E-state index contributed by atoms with van der Waals surface area (Å²) in [4.78, 5) is 12.2. The molecule has 1 N–H and O–H groups in total. The van der Waals surface area contributed by atoms with E-state index in [1.54, 1.807) is 11.8 Å². The highest BCUT2D eigenvalue weighted by Gasteiger charge is 2.13. The molecule has 3 aromatic rings. The molecule has 0 fully saturated rings. The van der Waals surface area contributed by atoms with E-state index in [2.05, 4.69) is 22.1 Å². The van der Waals surface area contributed by atoms with E-state index in [0.29, 0.717) is 6.54 Å². The second kappa shape index (κ2) is 11.1. The number of carbonyl (C=O) groups is 1. The minimum atomic E-state index is -0.0759. The molecule has 2 aromatic carbocycles. The first-order chi connectivity index (χ1) is 14.2. The van der Waals surface area contributed by atoms with Crippen LogP contribution in [0.2, 0.25) is 5.02 Å². The normalized spacial score (nSPS) is 10.7. The van der Waals surface area contributed by atoms with Gasteiger partial charge in [0.15, 0.2) is 5.16 Å². The number of hydrogen-bond acceptors (Lipinski definition) is 5. The molecule has 0 aliphatic rings. The lowest BCUT2D eigenvalue weighted by atomic mass is 10.2. The van der Waals surface area contributed by atoms with Gasteiger partial charge in [-0.25, -0.2) is 0 Å². The number of aromatic nitrogens is 3. The molecule has 0 aliphatic carbocycles. The molecule has 0 saturated carbocycles. The molecule has 1 amide bonds. The Morgan fingerprint density at radius 3 is 2.59 bits per heavy atom. The van der Waals surface area contributed by atoms with E-state index in [4.69, 9.17) is 11.6 Å². The molecule has 5 nitrogen and oxygen atoms in total. The average molecular weight is 445 g/mol. The minimum Gasteiger partial charge on any atom is -0.325 e. The first-order valence-corrected chi connectivity index (χ1v) is 11.5. The molecule has 1 aromatic heterocycles. The third-order valence-corrected chi connectivity index (χ3v) is 6.13. The highest BCUT2D eigenvalue weighted by molar-refractivity contribution is 7.99. The number of nitrogens with zero attached hydrogens (tertiary/aromatic N) is 3. The van der Waals surface area contributed by atoms with Crippen molar-refractivity contribution in [2.75, 3.05) is 11.1 Å². The zero-order valence-corrected chi connectivity index (χ0v) is 18.1. The van der Waals surface area contributed by atoms with Gasteiger partial charge in [-0.2, -0.15) is 0 Å². The van der Waals surface area contributed by atoms with E-state index in [-0.39, 0.29) is 11.7 Å². The number of rotatable bonds is 10. The molecule has 0 aliphatic heterocycles. The Balaban J connectivity index is 1.55. The molecule has 0 radical (unpaired) electrons. The molecule has 0 spiro atoms. The van der Waals surface area contributed by atoms with Gasteiger partial charge in [-0.05, 0) is 29.8 Å². The van der Waals surface area contributed by atoms with Crippen LogP contribution in [0.5, 0.6) is 0 Å². The highest BCUT2D eigenvalue weighted by atomic mass is 35.5. The lowest BCUT2D eigenvalue weighted by molar-refractivity contribution is -0.113. The van der Waals surface area contributed by atoms with Crippen LogP contribution in [0.1, 0.15) is 11.4 Å². The number of allylic oxidation sites excluding steroid dienone is 1. The summed E-state index contributed by atoms with van der Waals surface area (Å²) < 4.78 is 2.00. The number of hydrogen-bond donors (Lipinski definition) is 1. The lowest BCUT2D eigenvalue weighted by Crippen LogP contribution is -2.14. The highest BCUT2D eigenvalue weighted by Crippen LogP contribution is 2.23. The van der Waals surface area contributed by atoms with Crippen molar-refractivity contribution >= 4 is 46.7 Å². The Labute approximate surface area is 183 Å². The molecule has 0 unspecified atom stereocenters. The van der Waals surface area contributed by atoms with Crippen LogP contribution in [-0.4, -0.2) is 26.4 Å². The summed E-state index contributed by atoms with van der Waals surface area (Å²) in [7, 11) is 0. The van der Waals surface area contributed by atoms with Gasteiger partial charge in [-0.3, -0.25) is 4.79 Å². The van der Waals surface area contributed by atoms with Crippen LogP contribution < -0.4 is 5.32 Å². The van der Waals surface area contributed by atoms with Crippen LogP contribution in [0, 0.1) is 0 Å². The predicted octanol–water partition coefficient (Wildman–Crippen LogP) is 5.28. The zero-order chi connectivity index (χ0) is 20.5. The van der Waals surface area contributed by atoms with Crippen molar-refractivity contribution < 1.29 is 4.79 Å². The Kier molecular flexibility index (Phi) is 8.22. The maximum Gasteiger partial charge on any atom is 0.234 e. The largest absolute Gasteiger partial charge is 0.325 e. The van der Waals surface area contributed by atoms with E-state index in [1.165, 1.54) is 17.3 Å². The topological polar surface area (TPSA) is 59.8 Å². The van der Waals surface area contributed by atoms with Gasteiger partial charge in [0.25, 0.3) is 0 Å². The minimum absolute atomic E-state index is 0.0759. The second-order valence-electron chi connectivity index (χ2n) is 6.12. The number of para-hydroxylation sites is 1. The second-order valence-corrected chi connectivity index (χ2v) is 8.48. The molecule has 29 heavy (non-hydrogen) atoms. The molecule has 0 atom stereocenters. The fourth-order valence-corrected chi connectivity index (χ4v) is 4.35. The van der Waals surface area contributed by atoms with Crippen molar-refractivity contribution in [1.29, 1.82) is 0 Å². The van der Waals surface area contributed by atoms with Crippen molar-refractivity contribution in [3.63, 3.8) is 0 Å². The van der Waals surface area contributed by atoms with Crippen LogP contribution in [0.15, 0.2) is 72.4 Å². The van der Waals surface area contributed by atoms with E-state index < -0.39 is 0 Å². The number of anilines is 1. The van der Waals surface area contributed by atoms with Crippen LogP contribution in [-0.2, 0) is 22.8 Å². The van der Waals surface area contributed by atoms with Crippen LogP contribution in [0.25, 0.3) is 0 Å². The fourth-order valence-electron chi connectivity index (χ4n) is 2.53. The Morgan fingerprint density at radius 2 is 1.86 bits per heavy atom. The van der Waals surface area contributed by atoms with Gasteiger partial charge in [0, 0.05) is 23.0 Å². The molecule has 0 bridgehead atoms. The van der Waals surface area contributed by atoms with Crippen molar-refractivity contribution in [3.8, 4) is 0 Å². The summed E-state index contributed by atoms with van der Waals surface area (Å²) in [5.74, 6) is 2.64. The first kappa shape index (κ1) is 21.5. The fraction of sp³-hybridized carbons (Fsp3) is 0.190. The van der Waals surface area contributed by atoms with Crippen LogP contribution >= 0.6 is 35.1 Å². The zero-order valence-electron chi connectivity index (χ0n) is 15.8. The SMILES string of the molecule is C=CCn1c(CSCc2ccc(Cl)cc2)nnc1SCC(=O)Nc1ccccc1. The first-order valence-electron chi connectivity index (χ1n) is 8.98. The van der Waals surface area contributed by atoms with E-state index in [9.17, 15) is 4.79 Å². The van der Waals surface area contributed by atoms with E-state index in [0.717, 1.165) is 33.2 Å². The predicted molar refractivity (Wildman–Crippen MR) is 122 cm³/mol.